The summed E-state index contributed by atoms with van der Waals surface area (Å²) in [7, 11) is 0. The molecule has 150 valence electrons. The zero-order valence-corrected chi connectivity index (χ0v) is 16.5. The van der Waals surface area contributed by atoms with Gasteiger partial charge in [0, 0.05) is 19.2 Å². The van der Waals surface area contributed by atoms with Gasteiger partial charge in [-0.15, -0.1) is 0 Å². The van der Waals surface area contributed by atoms with Crippen LogP contribution in [0.5, 0.6) is 0 Å². The van der Waals surface area contributed by atoms with E-state index >= 15 is 0 Å². The molecule has 1 saturated carbocycles. The van der Waals surface area contributed by atoms with Crippen LogP contribution in [0.1, 0.15) is 49.7 Å². The highest BCUT2D eigenvalue weighted by Crippen LogP contribution is 2.19. The summed E-state index contributed by atoms with van der Waals surface area (Å²) in [6, 6.07) is 13.3. The van der Waals surface area contributed by atoms with Crippen LogP contribution in [-0.2, 0) is 6.54 Å². The lowest BCUT2D eigenvalue weighted by Gasteiger charge is -2.17. The lowest BCUT2D eigenvalue weighted by atomic mass is 9.96. The molecule has 0 bridgehead atoms. The molecular formula is C23H26N4O2. The molecule has 29 heavy (non-hydrogen) atoms. The van der Waals surface area contributed by atoms with E-state index < -0.39 is 0 Å². The molecule has 0 radical (unpaired) electrons. The second-order valence-corrected chi connectivity index (χ2v) is 7.61. The summed E-state index contributed by atoms with van der Waals surface area (Å²) in [5.74, 6) is 0.00181. The Morgan fingerprint density at radius 2 is 1.86 bits per heavy atom. The van der Waals surface area contributed by atoms with E-state index in [0.29, 0.717) is 36.3 Å². The number of carbonyl (C=O) groups excluding carboxylic acids is 1. The number of aromatic nitrogens is 3. The predicted molar refractivity (Wildman–Crippen MR) is 113 cm³/mol. The number of benzene rings is 1. The van der Waals surface area contributed by atoms with Gasteiger partial charge in [-0.05, 0) is 43.5 Å². The van der Waals surface area contributed by atoms with Crippen molar-refractivity contribution in [2.45, 2.75) is 57.5 Å². The van der Waals surface area contributed by atoms with Gasteiger partial charge in [-0.3, -0.25) is 23.7 Å². The van der Waals surface area contributed by atoms with Crippen molar-refractivity contribution in [2.24, 2.45) is 4.99 Å². The van der Waals surface area contributed by atoms with Gasteiger partial charge in [0.1, 0.15) is 5.49 Å². The highest BCUT2D eigenvalue weighted by molar-refractivity contribution is 5.78. The second-order valence-electron chi connectivity index (χ2n) is 7.61. The first-order valence-electron chi connectivity index (χ1n) is 10.4. The van der Waals surface area contributed by atoms with Crippen molar-refractivity contribution in [3.8, 4) is 0 Å². The molecule has 6 heteroatoms. The van der Waals surface area contributed by atoms with Gasteiger partial charge in [0.15, 0.2) is 0 Å². The number of hydrogen-bond donors (Lipinski definition) is 0. The fraction of sp³-hybridized carbons (Fsp3) is 0.391. The summed E-state index contributed by atoms with van der Waals surface area (Å²) in [4.78, 5) is 34.5. The molecule has 1 aliphatic carbocycles. The number of aryl methyl sites for hydroxylation is 1. The second kappa shape index (κ2) is 8.99. The number of pyridine rings is 1. The average molecular weight is 390 g/mol. The fourth-order valence-electron chi connectivity index (χ4n) is 3.93. The normalized spacial score (nSPS) is 15.7. The first kappa shape index (κ1) is 19.3. The van der Waals surface area contributed by atoms with Crippen LogP contribution in [0.25, 0.3) is 10.9 Å². The van der Waals surface area contributed by atoms with Crippen LogP contribution in [0.4, 0.5) is 0 Å². The van der Waals surface area contributed by atoms with Crippen molar-refractivity contribution < 1.29 is 4.79 Å². The van der Waals surface area contributed by atoms with E-state index in [9.17, 15) is 9.59 Å². The number of para-hydroxylation sites is 1. The minimum absolute atomic E-state index is 0.00181. The van der Waals surface area contributed by atoms with Gasteiger partial charge < -0.3 is 0 Å². The van der Waals surface area contributed by atoms with Gasteiger partial charge in [0.25, 0.3) is 5.56 Å². The van der Waals surface area contributed by atoms with Gasteiger partial charge in [0.05, 0.1) is 23.3 Å². The van der Waals surface area contributed by atoms with E-state index in [1.165, 1.54) is 19.3 Å². The Bertz CT molecular complexity index is 1120. The van der Waals surface area contributed by atoms with E-state index in [4.69, 9.17) is 4.99 Å². The molecule has 0 atom stereocenters. The van der Waals surface area contributed by atoms with Crippen molar-refractivity contribution in [1.29, 1.82) is 0 Å². The van der Waals surface area contributed by atoms with E-state index in [2.05, 4.69) is 4.98 Å². The SMILES string of the molecule is O=C(CCCn1cnc2ccccc2c1=O)n1ccccc1=NC1CCCCC1. The summed E-state index contributed by atoms with van der Waals surface area (Å²) in [6.45, 7) is 0.463. The van der Waals surface area contributed by atoms with E-state index in [1.54, 1.807) is 27.7 Å². The van der Waals surface area contributed by atoms with Gasteiger partial charge in [-0.2, -0.15) is 0 Å². The third-order valence-corrected chi connectivity index (χ3v) is 5.52. The van der Waals surface area contributed by atoms with Gasteiger partial charge >= 0.3 is 0 Å². The lowest BCUT2D eigenvalue weighted by Crippen LogP contribution is -2.29. The molecule has 2 aromatic heterocycles. The lowest BCUT2D eigenvalue weighted by molar-refractivity contribution is 0.0892. The molecule has 1 fully saturated rings. The van der Waals surface area contributed by atoms with Crippen molar-refractivity contribution >= 4 is 16.8 Å². The number of fused-ring (bicyclic) bond motifs is 1. The third kappa shape index (κ3) is 4.53. The Hall–Kier alpha value is -3.02. The van der Waals surface area contributed by atoms with Crippen molar-refractivity contribution in [1.82, 2.24) is 14.1 Å². The smallest absolute Gasteiger partial charge is 0.261 e. The summed E-state index contributed by atoms with van der Waals surface area (Å²) >= 11 is 0. The van der Waals surface area contributed by atoms with Crippen LogP contribution in [0.2, 0.25) is 0 Å². The summed E-state index contributed by atoms with van der Waals surface area (Å²) < 4.78 is 3.23. The van der Waals surface area contributed by atoms with Crippen molar-refractivity contribution in [3.63, 3.8) is 0 Å². The maximum absolute atomic E-state index is 12.8. The Labute approximate surface area is 169 Å². The van der Waals surface area contributed by atoms with Crippen LogP contribution in [0.15, 0.2) is 64.8 Å². The minimum atomic E-state index is -0.0663. The first-order chi connectivity index (χ1) is 14.2. The summed E-state index contributed by atoms with van der Waals surface area (Å²) in [5, 5.41) is 0.604. The number of hydrogen-bond acceptors (Lipinski definition) is 4. The van der Waals surface area contributed by atoms with Crippen LogP contribution >= 0.6 is 0 Å². The molecular weight excluding hydrogens is 364 g/mol. The van der Waals surface area contributed by atoms with E-state index in [0.717, 1.165) is 18.3 Å². The fourth-order valence-corrected chi connectivity index (χ4v) is 3.93. The highest BCUT2D eigenvalue weighted by atomic mass is 16.2. The van der Waals surface area contributed by atoms with Crippen molar-refractivity contribution in [2.75, 3.05) is 0 Å². The average Bonchev–Trinajstić information content (AvgIpc) is 2.76. The zero-order valence-electron chi connectivity index (χ0n) is 16.5. The third-order valence-electron chi connectivity index (χ3n) is 5.52. The zero-order chi connectivity index (χ0) is 20.1. The molecule has 0 N–H and O–H groups in total. The standard InChI is InChI=1S/C23H26N4O2/c28-22(27-16-7-6-13-21(27)25-18-9-2-1-3-10-18)14-8-15-26-17-24-20-12-5-4-11-19(20)23(26)29/h4-7,11-13,16-18H,1-3,8-10,14-15H2. The minimum Gasteiger partial charge on any atom is -0.299 e. The maximum atomic E-state index is 12.8. The molecule has 0 spiro atoms. The highest BCUT2D eigenvalue weighted by Gasteiger charge is 2.13. The summed E-state index contributed by atoms with van der Waals surface area (Å²) in [5.41, 5.74) is 1.36. The Balaban J connectivity index is 1.45. The quantitative estimate of drug-likeness (QED) is 0.669. The van der Waals surface area contributed by atoms with E-state index in [1.807, 2.05) is 36.4 Å². The first-order valence-corrected chi connectivity index (χ1v) is 10.4. The molecule has 0 saturated heterocycles. The number of carbonyl (C=O) groups is 1. The molecule has 1 aromatic carbocycles. The molecule has 1 aliphatic rings. The number of nitrogens with zero attached hydrogens (tertiary/aromatic N) is 4. The Morgan fingerprint density at radius 3 is 2.72 bits per heavy atom. The van der Waals surface area contributed by atoms with Crippen LogP contribution in [0, 0.1) is 0 Å². The largest absolute Gasteiger partial charge is 0.299 e. The molecule has 6 nitrogen and oxygen atoms in total. The molecule has 0 amide bonds. The van der Waals surface area contributed by atoms with Gasteiger partial charge in [-0.25, -0.2) is 4.98 Å². The molecule has 3 aromatic rings. The Kier molecular flexibility index (Phi) is 5.98. The predicted octanol–water partition coefficient (Wildman–Crippen LogP) is 3.55. The number of rotatable bonds is 5. The van der Waals surface area contributed by atoms with Crippen molar-refractivity contribution in [3.05, 3.63) is 70.8 Å². The molecule has 2 heterocycles. The topological polar surface area (TPSA) is 69.2 Å². The monoisotopic (exact) mass is 390 g/mol. The van der Waals surface area contributed by atoms with Crippen LogP contribution in [0.3, 0.4) is 0 Å². The Morgan fingerprint density at radius 1 is 1.07 bits per heavy atom. The van der Waals surface area contributed by atoms with Gasteiger partial charge in [-0.1, -0.05) is 37.5 Å². The van der Waals surface area contributed by atoms with E-state index in [-0.39, 0.29) is 11.5 Å². The maximum Gasteiger partial charge on any atom is 0.261 e. The molecule has 0 aliphatic heterocycles. The van der Waals surface area contributed by atoms with Crippen LogP contribution in [-0.4, -0.2) is 26.1 Å². The molecule has 4 rings (SSSR count). The molecule has 0 unspecified atom stereocenters. The summed E-state index contributed by atoms with van der Waals surface area (Å²) in [6.07, 6.45) is 10.2. The van der Waals surface area contributed by atoms with Crippen LogP contribution < -0.4 is 11.0 Å². The van der Waals surface area contributed by atoms with Gasteiger partial charge in [0.2, 0.25) is 5.91 Å².